The van der Waals surface area contributed by atoms with Gasteiger partial charge in [-0.15, -0.1) is 0 Å². The Labute approximate surface area is 164 Å². The second-order valence-electron chi connectivity index (χ2n) is 5.49. The van der Waals surface area contributed by atoms with Gasteiger partial charge in [0.25, 0.3) is 0 Å². The van der Waals surface area contributed by atoms with Crippen LogP contribution in [0.15, 0.2) is 24.3 Å². The molecule has 2 unspecified atom stereocenters. The maximum absolute atomic E-state index is 10.7. The molecular weight excluding hydrogens is 376 g/mol. The summed E-state index contributed by atoms with van der Waals surface area (Å²) in [5.74, 6) is -3.70. The highest BCUT2D eigenvalue weighted by Crippen LogP contribution is 1.98. The van der Waals surface area contributed by atoms with E-state index in [9.17, 15) is 19.2 Å². The highest BCUT2D eigenvalue weighted by Gasteiger charge is 2.16. The number of hydrogen-bond donors (Lipinski definition) is 4. The van der Waals surface area contributed by atoms with Crippen molar-refractivity contribution in [2.75, 3.05) is 13.2 Å². The first kappa shape index (κ1) is 30.0. The Bertz CT molecular complexity index is 490. The van der Waals surface area contributed by atoms with Crippen LogP contribution >= 0.6 is 0 Å². The molecule has 0 aromatic carbocycles. The number of rotatable bonds is 9. The van der Waals surface area contributed by atoms with Crippen LogP contribution in [0.5, 0.6) is 0 Å². The number of ether oxygens (including phenoxy) is 2. The summed E-state index contributed by atoms with van der Waals surface area (Å²) >= 11 is 0. The van der Waals surface area contributed by atoms with Crippen molar-refractivity contribution in [3.05, 3.63) is 24.3 Å². The first-order chi connectivity index (χ1) is 12.8. The fourth-order valence-electron chi connectivity index (χ4n) is 0.847. The lowest BCUT2D eigenvalue weighted by Crippen LogP contribution is -2.23. The highest BCUT2D eigenvalue weighted by molar-refractivity contribution is 5.89. The van der Waals surface area contributed by atoms with Crippen LogP contribution in [0, 0.1) is 0 Å². The average molecular weight is 406 g/mol. The van der Waals surface area contributed by atoms with Gasteiger partial charge in [0.2, 0.25) is 0 Å². The van der Waals surface area contributed by atoms with Crippen LogP contribution in [0.25, 0.3) is 0 Å². The molecule has 0 saturated carbocycles. The molecule has 0 rings (SSSR count). The predicted molar refractivity (Wildman–Crippen MR) is 99.4 cm³/mol. The molecule has 0 saturated heterocycles. The minimum atomic E-state index is -1.17. The van der Waals surface area contributed by atoms with Crippen molar-refractivity contribution in [2.24, 2.45) is 0 Å². The zero-order valence-electron chi connectivity index (χ0n) is 16.6. The van der Waals surface area contributed by atoms with E-state index in [0.717, 1.165) is 12.8 Å². The summed E-state index contributed by atoms with van der Waals surface area (Å²) in [6.45, 7) is 12.5. The maximum Gasteiger partial charge on any atom is 0.344 e. The summed E-state index contributed by atoms with van der Waals surface area (Å²) in [7, 11) is 0. The summed E-state index contributed by atoms with van der Waals surface area (Å²) in [4.78, 5) is 41.6. The third-order valence-corrected chi connectivity index (χ3v) is 2.53. The van der Waals surface area contributed by atoms with E-state index in [1.807, 2.05) is 0 Å². The Morgan fingerprint density at radius 2 is 1.00 bits per heavy atom. The number of aliphatic hydroxyl groups excluding tert-OH is 2. The fraction of sp³-hybridized carbons (Fsp3) is 0.556. The zero-order chi connectivity index (χ0) is 22.9. The van der Waals surface area contributed by atoms with Gasteiger partial charge < -0.3 is 29.9 Å². The molecule has 0 aromatic heterocycles. The first-order valence-corrected chi connectivity index (χ1v) is 8.21. The van der Waals surface area contributed by atoms with Crippen LogP contribution in [-0.4, -0.2) is 69.7 Å². The van der Waals surface area contributed by atoms with E-state index >= 15 is 0 Å². The second-order valence-corrected chi connectivity index (χ2v) is 5.49. The molecule has 162 valence electrons. The summed E-state index contributed by atoms with van der Waals surface area (Å²) in [5, 5.41) is 32.8. The van der Waals surface area contributed by atoms with Crippen molar-refractivity contribution in [3.63, 3.8) is 0 Å². The van der Waals surface area contributed by atoms with E-state index < -0.39 is 36.1 Å². The molecule has 0 fully saturated rings. The molecule has 0 spiro atoms. The van der Waals surface area contributed by atoms with Crippen LogP contribution in [0.1, 0.15) is 40.5 Å². The molecule has 0 aliphatic heterocycles. The van der Waals surface area contributed by atoms with Gasteiger partial charge in [-0.1, -0.05) is 13.2 Å². The van der Waals surface area contributed by atoms with Gasteiger partial charge in [-0.2, -0.15) is 0 Å². The molecule has 10 nitrogen and oxygen atoms in total. The number of esters is 2. The number of aliphatic carboxylic acids is 2. The van der Waals surface area contributed by atoms with Crippen molar-refractivity contribution in [1.29, 1.82) is 0 Å². The van der Waals surface area contributed by atoms with Gasteiger partial charge in [0.05, 0.1) is 0 Å². The largest absolute Gasteiger partial charge is 0.479 e. The van der Waals surface area contributed by atoms with Crippen molar-refractivity contribution in [1.82, 2.24) is 0 Å². The SMILES string of the molecule is C=C(C)C(=O)OC(C)C(=O)O.C=C(C)C(=O)OC(C)C(=O)O.OCCCCO. The highest BCUT2D eigenvalue weighted by atomic mass is 16.6. The number of carboxylic acids is 2. The van der Waals surface area contributed by atoms with E-state index in [-0.39, 0.29) is 24.4 Å². The standard InChI is InChI=1S/2C7H10O4.C4H10O2/c2*1-4(2)7(10)11-5(3)6(8)9;5-3-1-2-4-6/h2*5H,1H2,2-3H3,(H,8,9);5-6H,1-4H2. The molecule has 4 N–H and O–H groups in total. The summed E-state index contributed by atoms with van der Waals surface area (Å²) < 4.78 is 8.87. The van der Waals surface area contributed by atoms with Crippen LogP contribution < -0.4 is 0 Å². The number of hydrogen-bond acceptors (Lipinski definition) is 8. The van der Waals surface area contributed by atoms with E-state index in [2.05, 4.69) is 22.6 Å². The molecule has 2 atom stereocenters. The third kappa shape index (κ3) is 19.6. The van der Waals surface area contributed by atoms with E-state index in [1.165, 1.54) is 27.7 Å². The lowest BCUT2D eigenvalue weighted by Gasteiger charge is -2.07. The molecule has 0 aromatic rings. The van der Waals surface area contributed by atoms with Crippen LogP contribution in [0.3, 0.4) is 0 Å². The number of carbonyl (C=O) groups excluding carboxylic acids is 2. The van der Waals surface area contributed by atoms with Gasteiger partial charge >= 0.3 is 23.9 Å². The van der Waals surface area contributed by atoms with Crippen molar-refractivity contribution in [3.8, 4) is 0 Å². The molecule has 0 amide bonds. The smallest absolute Gasteiger partial charge is 0.344 e. The molecule has 0 aliphatic carbocycles. The average Bonchev–Trinajstić information content (AvgIpc) is 2.60. The van der Waals surface area contributed by atoms with Crippen molar-refractivity contribution >= 4 is 23.9 Å². The van der Waals surface area contributed by atoms with Crippen LogP contribution in [0.4, 0.5) is 0 Å². The minimum absolute atomic E-state index is 0.193. The zero-order valence-corrected chi connectivity index (χ0v) is 16.6. The molecular formula is C18H30O10. The third-order valence-electron chi connectivity index (χ3n) is 2.53. The molecule has 0 bridgehead atoms. The van der Waals surface area contributed by atoms with Gasteiger partial charge in [0.1, 0.15) is 0 Å². The molecule has 0 radical (unpaired) electrons. The van der Waals surface area contributed by atoms with Crippen molar-refractivity contribution in [2.45, 2.75) is 52.7 Å². The van der Waals surface area contributed by atoms with Crippen LogP contribution in [-0.2, 0) is 28.7 Å². The summed E-state index contributed by atoms with van der Waals surface area (Å²) in [6, 6.07) is 0. The second kappa shape index (κ2) is 17.7. The number of unbranched alkanes of at least 4 members (excludes halogenated alkanes) is 1. The predicted octanol–water partition coefficient (Wildman–Crippen LogP) is 0.909. The minimum Gasteiger partial charge on any atom is -0.479 e. The van der Waals surface area contributed by atoms with E-state index in [4.69, 9.17) is 20.4 Å². The number of aliphatic hydroxyl groups is 2. The van der Waals surface area contributed by atoms with Gasteiger partial charge in [0.15, 0.2) is 12.2 Å². The van der Waals surface area contributed by atoms with Gasteiger partial charge in [-0.05, 0) is 40.5 Å². The van der Waals surface area contributed by atoms with E-state index in [1.54, 1.807) is 0 Å². The number of carbonyl (C=O) groups is 4. The first-order valence-electron chi connectivity index (χ1n) is 8.21. The lowest BCUT2D eigenvalue weighted by molar-refractivity contribution is -0.159. The Kier molecular flexibility index (Phi) is 19.0. The number of carboxylic acid groups (broad SMARTS) is 2. The summed E-state index contributed by atoms with van der Waals surface area (Å²) in [6.07, 6.45) is -0.786. The molecule has 10 heteroatoms. The normalized spacial score (nSPS) is 11.2. The monoisotopic (exact) mass is 406 g/mol. The Hall–Kier alpha value is -2.72. The Morgan fingerprint density at radius 1 is 0.750 bits per heavy atom. The topological polar surface area (TPSA) is 168 Å². The van der Waals surface area contributed by atoms with Crippen molar-refractivity contribution < 1.29 is 49.1 Å². The maximum atomic E-state index is 10.7. The van der Waals surface area contributed by atoms with Gasteiger partial charge in [-0.25, -0.2) is 19.2 Å². The van der Waals surface area contributed by atoms with E-state index in [0.29, 0.717) is 0 Å². The Morgan fingerprint density at radius 3 is 1.14 bits per heavy atom. The lowest BCUT2D eigenvalue weighted by atomic mass is 10.3. The molecule has 28 heavy (non-hydrogen) atoms. The quantitative estimate of drug-likeness (QED) is 0.245. The summed E-state index contributed by atoms with van der Waals surface area (Å²) in [5.41, 5.74) is 0.385. The van der Waals surface area contributed by atoms with Gasteiger partial charge in [-0.3, -0.25) is 0 Å². The fourth-order valence-corrected chi connectivity index (χ4v) is 0.847. The molecule has 0 aliphatic rings. The Balaban J connectivity index is -0.000000351. The van der Waals surface area contributed by atoms with Crippen LogP contribution in [0.2, 0.25) is 0 Å². The van der Waals surface area contributed by atoms with Gasteiger partial charge in [0, 0.05) is 24.4 Å². The molecule has 0 heterocycles.